The van der Waals surface area contributed by atoms with Crippen molar-refractivity contribution in [3.05, 3.63) is 65.7 Å². The lowest BCUT2D eigenvalue weighted by molar-refractivity contribution is -0.140. The van der Waals surface area contributed by atoms with E-state index in [0.29, 0.717) is 4.31 Å². The summed E-state index contributed by atoms with van der Waals surface area (Å²) in [6.45, 7) is 3.34. The minimum absolute atomic E-state index is 0.109. The van der Waals surface area contributed by atoms with E-state index in [4.69, 9.17) is 0 Å². The van der Waals surface area contributed by atoms with Gasteiger partial charge in [0.1, 0.15) is 0 Å². The lowest BCUT2D eigenvalue weighted by atomic mass is 10.1. The van der Waals surface area contributed by atoms with Gasteiger partial charge in [0.15, 0.2) is 6.04 Å². The van der Waals surface area contributed by atoms with Gasteiger partial charge in [0, 0.05) is 0 Å². The number of urea groups is 1. The Balaban J connectivity index is 2.00. The van der Waals surface area contributed by atoms with Crippen LogP contribution in [0.2, 0.25) is 0 Å². The molecule has 0 bridgehead atoms. The van der Waals surface area contributed by atoms with E-state index < -0.39 is 34.1 Å². The third-order valence-electron chi connectivity index (χ3n) is 4.70. The number of rotatable bonds is 5. The first kappa shape index (κ1) is 18.9. The van der Waals surface area contributed by atoms with Crippen molar-refractivity contribution in [1.82, 2.24) is 9.21 Å². The van der Waals surface area contributed by atoms with Gasteiger partial charge in [-0.1, -0.05) is 48.0 Å². The average Bonchev–Trinajstić information content (AvgIpc) is 3.00. The third-order valence-corrected chi connectivity index (χ3v) is 6.50. The molecule has 3 rings (SSSR count). The number of carboxylic acid groups (broad SMARTS) is 1. The standard InChI is InChI=1S/C19H20N2O5S/c1-13-8-10-16(11-9-13)27(25,26)21-17(18(22)23)12-20(19(21)24)14(2)15-6-4-3-5-7-15/h3-11,14,17H,12H2,1-2H3,(H,22,23)/t14-,17-/m1/s1. The van der Waals surface area contributed by atoms with Gasteiger partial charge in [0.05, 0.1) is 17.5 Å². The summed E-state index contributed by atoms with van der Waals surface area (Å²) >= 11 is 0. The predicted octanol–water partition coefficient (Wildman–Crippen LogP) is 2.64. The van der Waals surface area contributed by atoms with E-state index >= 15 is 0 Å². The number of hydrogen-bond acceptors (Lipinski definition) is 4. The molecule has 1 aliphatic rings. The lowest BCUT2D eigenvalue weighted by Gasteiger charge is -2.25. The summed E-state index contributed by atoms with van der Waals surface area (Å²) in [4.78, 5) is 25.8. The predicted molar refractivity (Wildman–Crippen MR) is 98.6 cm³/mol. The Morgan fingerprint density at radius 2 is 1.70 bits per heavy atom. The van der Waals surface area contributed by atoms with Crippen LogP contribution < -0.4 is 0 Å². The molecule has 0 radical (unpaired) electrons. The van der Waals surface area contributed by atoms with E-state index in [0.717, 1.165) is 11.1 Å². The first-order chi connectivity index (χ1) is 12.7. The van der Waals surface area contributed by atoms with Crippen molar-refractivity contribution in [1.29, 1.82) is 0 Å². The van der Waals surface area contributed by atoms with Crippen LogP contribution in [0.15, 0.2) is 59.5 Å². The molecule has 1 aliphatic heterocycles. The van der Waals surface area contributed by atoms with Crippen molar-refractivity contribution < 1.29 is 23.1 Å². The summed E-state index contributed by atoms with van der Waals surface area (Å²) < 4.78 is 26.5. The molecular formula is C19H20N2O5S. The highest BCUT2D eigenvalue weighted by Gasteiger charge is 2.50. The largest absolute Gasteiger partial charge is 0.480 e. The molecular weight excluding hydrogens is 368 g/mol. The fourth-order valence-electron chi connectivity index (χ4n) is 3.11. The van der Waals surface area contributed by atoms with Crippen molar-refractivity contribution in [3.8, 4) is 0 Å². The average molecular weight is 388 g/mol. The van der Waals surface area contributed by atoms with Gasteiger partial charge in [-0.2, -0.15) is 0 Å². The highest BCUT2D eigenvalue weighted by Crippen LogP contribution is 2.31. The maximum absolute atomic E-state index is 13.0. The first-order valence-electron chi connectivity index (χ1n) is 8.43. The van der Waals surface area contributed by atoms with Gasteiger partial charge in [-0.15, -0.1) is 0 Å². The van der Waals surface area contributed by atoms with E-state index in [9.17, 15) is 23.1 Å². The number of benzene rings is 2. The smallest absolute Gasteiger partial charge is 0.335 e. The second kappa shape index (κ2) is 7.03. The molecule has 1 heterocycles. The van der Waals surface area contributed by atoms with Crippen molar-refractivity contribution in [3.63, 3.8) is 0 Å². The number of carbonyl (C=O) groups excluding carboxylic acids is 1. The second-order valence-electron chi connectivity index (χ2n) is 6.49. The van der Waals surface area contributed by atoms with Gasteiger partial charge >= 0.3 is 12.0 Å². The molecule has 0 saturated carbocycles. The number of amides is 2. The van der Waals surface area contributed by atoms with Crippen molar-refractivity contribution >= 4 is 22.0 Å². The van der Waals surface area contributed by atoms with Crippen LogP contribution >= 0.6 is 0 Å². The quantitative estimate of drug-likeness (QED) is 0.850. The van der Waals surface area contributed by atoms with E-state index in [1.165, 1.54) is 17.0 Å². The number of aryl methyl sites for hydroxylation is 1. The number of sulfonamides is 1. The molecule has 0 aromatic heterocycles. The fraction of sp³-hybridized carbons (Fsp3) is 0.263. The molecule has 2 aromatic rings. The Bertz CT molecular complexity index is 957. The summed E-state index contributed by atoms with van der Waals surface area (Å²) in [5, 5.41) is 9.54. The van der Waals surface area contributed by atoms with Crippen LogP contribution in [0.25, 0.3) is 0 Å². The van der Waals surface area contributed by atoms with Gasteiger partial charge in [-0.05, 0) is 31.5 Å². The normalized spacial score (nSPS) is 18.6. The molecule has 0 spiro atoms. The summed E-state index contributed by atoms with van der Waals surface area (Å²) in [5.41, 5.74) is 1.65. The zero-order valence-corrected chi connectivity index (χ0v) is 15.8. The Morgan fingerprint density at radius 1 is 1.11 bits per heavy atom. The third kappa shape index (κ3) is 3.40. The molecule has 2 amide bonds. The molecule has 142 valence electrons. The summed E-state index contributed by atoms with van der Waals surface area (Å²) in [7, 11) is -4.29. The monoisotopic (exact) mass is 388 g/mol. The topological polar surface area (TPSA) is 95.0 Å². The van der Waals surface area contributed by atoms with E-state index in [2.05, 4.69) is 0 Å². The molecule has 0 aliphatic carbocycles. The first-order valence-corrected chi connectivity index (χ1v) is 9.87. The molecule has 1 saturated heterocycles. The number of carbonyl (C=O) groups is 2. The number of nitrogens with zero attached hydrogens (tertiary/aromatic N) is 2. The SMILES string of the molecule is Cc1ccc(S(=O)(=O)N2C(=O)N([C@H](C)c3ccccc3)C[C@@H]2C(=O)O)cc1. The van der Waals surface area contributed by atoms with Crippen molar-refractivity contribution in [2.45, 2.75) is 30.8 Å². The Morgan fingerprint density at radius 3 is 2.26 bits per heavy atom. The Labute approximate surface area is 157 Å². The summed E-state index contributed by atoms with van der Waals surface area (Å²) in [6.07, 6.45) is 0. The van der Waals surface area contributed by atoms with Crippen LogP contribution in [0.3, 0.4) is 0 Å². The number of carboxylic acids is 1. The lowest BCUT2D eigenvalue weighted by Crippen LogP contribution is -2.43. The van der Waals surface area contributed by atoms with Crippen molar-refractivity contribution in [2.75, 3.05) is 6.54 Å². The Hall–Kier alpha value is -2.87. The molecule has 0 unspecified atom stereocenters. The highest BCUT2D eigenvalue weighted by molar-refractivity contribution is 7.89. The minimum Gasteiger partial charge on any atom is -0.480 e. The van der Waals surface area contributed by atoms with Gasteiger partial charge in [0.25, 0.3) is 10.0 Å². The van der Waals surface area contributed by atoms with Gasteiger partial charge < -0.3 is 10.0 Å². The van der Waals surface area contributed by atoms with Crippen LogP contribution in [-0.4, -0.2) is 47.3 Å². The van der Waals surface area contributed by atoms with Crippen molar-refractivity contribution in [2.24, 2.45) is 0 Å². The molecule has 7 nitrogen and oxygen atoms in total. The molecule has 2 aromatic carbocycles. The van der Waals surface area contributed by atoms with Crippen LogP contribution in [0.5, 0.6) is 0 Å². The van der Waals surface area contributed by atoms with E-state index in [1.54, 1.807) is 26.0 Å². The Kier molecular flexibility index (Phi) is 4.93. The molecule has 1 N–H and O–H groups in total. The number of aliphatic carboxylic acids is 1. The highest BCUT2D eigenvalue weighted by atomic mass is 32.2. The molecule has 27 heavy (non-hydrogen) atoms. The van der Waals surface area contributed by atoms with Crippen LogP contribution in [-0.2, 0) is 14.8 Å². The van der Waals surface area contributed by atoms with Crippen LogP contribution in [0, 0.1) is 6.92 Å². The maximum Gasteiger partial charge on any atom is 0.335 e. The maximum atomic E-state index is 13.0. The summed E-state index contributed by atoms with van der Waals surface area (Å²) in [6, 6.07) is 12.3. The molecule has 8 heteroatoms. The zero-order valence-electron chi connectivity index (χ0n) is 14.9. The number of hydrogen-bond donors (Lipinski definition) is 1. The van der Waals surface area contributed by atoms with Crippen LogP contribution in [0.4, 0.5) is 4.79 Å². The molecule has 2 atom stereocenters. The second-order valence-corrected chi connectivity index (χ2v) is 8.30. The fourth-order valence-corrected chi connectivity index (χ4v) is 4.62. The van der Waals surface area contributed by atoms with Gasteiger partial charge in [-0.25, -0.2) is 22.3 Å². The summed E-state index contributed by atoms with van der Waals surface area (Å²) in [5.74, 6) is -1.36. The molecule has 1 fully saturated rings. The zero-order chi connectivity index (χ0) is 19.8. The van der Waals surface area contributed by atoms with E-state index in [1.807, 2.05) is 30.3 Å². The van der Waals surface area contributed by atoms with E-state index in [-0.39, 0.29) is 11.4 Å². The minimum atomic E-state index is -4.29. The van der Waals surface area contributed by atoms with Gasteiger partial charge in [0.2, 0.25) is 0 Å². The van der Waals surface area contributed by atoms with Gasteiger partial charge in [-0.3, -0.25) is 0 Å². The van der Waals surface area contributed by atoms with Crippen LogP contribution in [0.1, 0.15) is 24.1 Å².